The maximum Gasteiger partial charge on any atom is 0.311 e. The number of esters is 1. The SMILES string of the molecule is COC(=O)C(C)C1(O)CCC2(CCCC2)CC1. The van der Waals surface area contributed by atoms with Crippen LogP contribution in [0.25, 0.3) is 0 Å². The van der Waals surface area contributed by atoms with Crippen molar-refractivity contribution in [2.24, 2.45) is 11.3 Å². The molecule has 0 radical (unpaired) electrons. The van der Waals surface area contributed by atoms with Gasteiger partial charge in [0.05, 0.1) is 18.6 Å². The van der Waals surface area contributed by atoms with Gasteiger partial charge in [-0.3, -0.25) is 4.79 Å². The van der Waals surface area contributed by atoms with Crippen molar-refractivity contribution in [2.45, 2.75) is 63.9 Å². The molecule has 3 heteroatoms. The highest BCUT2D eigenvalue weighted by Gasteiger charge is 2.47. The molecule has 2 fully saturated rings. The summed E-state index contributed by atoms with van der Waals surface area (Å²) in [4.78, 5) is 11.5. The van der Waals surface area contributed by atoms with Gasteiger partial charge in [0.25, 0.3) is 0 Å². The molecule has 98 valence electrons. The van der Waals surface area contributed by atoms with E-state index in [9.17, 15) is 9.90 Å². The topological polar surface area (TPSA) is 46.5 Å². The first kappa shape index (κ1) is 12.9. The Morgan fingerprint density at radius 2 is 1.65 bits per heavy atom. The number of hydrogen-bond acceptors (Lipinski definition) is 3. The first-order valence-electron chi connectivity index (χ1n) is 6.82. The highest BCUT2D eigenvalue weighted by atomic mass is 16.5. The highest BCUT2D eigenvalue weighted by molar-refractivity contribution is 5.73. The van der Waals surface area contributed by atoms with Gasteiger partial charge in [-0.1, -0.05) is 12.8 Å². The van der Waals surface area contributed by atoms with Gasteiger partial charge in [-0.15, -0.1) is 0 Å². The Morgan fingerprint density at radius 1 is 1.12 bits per heavy atom. The Morgan fingerprint density at radius 3 is 2.12 bits per heavy atom. The largest absolute Gasteiger partial charge is 0.469 e. The minimum atomic E-state index is -0.832. The molecule has 17 heavy (non-hydrogen) atoms. The molecule has 2 rings (SSSR count). The predicted molar refractivity (Wildman–Crippen MR) is 65.5 cm³/mol. The summed E-state index contributed by atoms with van der Waals surface area (Å²) in [5.41, 5.74) is -0.344. The van der Waals surface area contributed by atoms with Gasteiger partial charge in [0.2, 0.25) is 0 Å². The average Bonchev–Trinajstić information content (AvgIpc) is 2.80. The summed E-state index contributed by atoms with van der Waals surface area (Å²) in [5, 5.41) is 10.6. The molecule has 2 saturated carbocycles. The maximum atomic E-state index is 11.5. The van der Waals surface area contributed by atoms with Crippen molar-refractivity contribution >= 4 is 5.97 Å². The average molecular weight is 240 g/mol. The fourth-order valence-corrected chi connectivity index (χ4v) is 3.67. The molecule has 2 aliphatic rings. The lowest BCUT2D eigenvalue weighted by Gasteiger charge is -2.44. The Kier molecular flexibility index (Phi) is 3.48. The molecule has 2 aliphatic carbocycles. The molecule has 0 aliphatic heterocycles. The standard InChI is InChI=1S/C14H24O3/c1-11(12(15)17-2)14(16)9-7-13(8-10-14)5-3-4-6-13/h11,16H,3-10H2,1-2H3. The monoisotopic (exact) mass is 240 g/mol. The summed E-state index contributed by atoms with van der Waals surface area (Å²) >= 11 is 0. The van der Waals surface area contributed by atoms with Crippen LogP contribution >= 0.6 is 0 Å². The summed E-state index contributed by atoms with van der Waals surface area (Å²) in [5.74, 6) is -0.680. The van der Waals surface area contributed by atoms with Crippen molar-refractivity contribution in [3.63, 3.8) is 0 Å². The number of carbonyl (C=O) groups is 1. The van der Waals surface area contributed by atoms with E-state index in [4.69, 9.17) is 4.74 Å². The van der Waals surface area contributed by atoms with Crippen LogP contribution in [-0.4, -0.2) is 23.8 Å². The Labute approximate surface area is 104 Å². The summed E-state index contributed by atoms with van der Waals surface area (Å²) in [6, 6.07) is 0. The summed E-state index contributed by atoms with van der Waals surface area (Å²) in [6.45, 7) is 1.79. The summed E-state index contributed by atoms with van der Waals surface area (Å²) in [6.07, 6.45) is 8.96. The normalized spacial score (nSPS) is 27.9. The van der Waals surface area contributed by atoms with Crippen molar-refractivity contribution in [3.05, 3.63) is 0 Å². The van der Waals surface area contributed by atoms with Crippen LogP contribution < -0.4 is 0 Å². The second kappa shape index (κ2) is 4.60. The number of ether oxygens (including phenoxy) is 1. The minimum absolute atomic E-state index is 0.283. The summed E-state index contributed by atoms with van der Waals surface area (Å²) in [7, 11) is 1.39. The second-order valence-corrected chi connectivity index (χ2v) is 6.06. The Bertz CT molecular complexity index is 282. The number of carbonyl (C=O) groups excluding carboxylic acids is 1. The van der Waals surface area contributed by atoms with E-state index in [0.717, 1.165) is 25.7 Å². The zero-order chi connectivity index (χ0) is 12.5. The van der Waals surface area contributed by atoms with Crippen LogP contribution in [0.5, 0.6) is 0 Å². The fraction of sp³-hybridized carbons (Fsp3) is 0.929. The van der Waals surface area contributed by atoms with E-state index < -0.39 is 11.5 Å². The third-order valence-electron chi connectivity index (χ3n) is 5.20. The van der Waals surface area contributed by atoms with Crippen LogP contribution in [-0.2, 0) is 9.53 Å². The molecule has 1 atom stereocenters. The Balaban J connectivity index is 1.99. The molecule has 0 aromatic rings. The molecular weight excluding hydrogens is 216 g/mol. The molecule has 0 aromatic carbocycles. The lowest BCUT2D eigenvalue weighted by Crippen LogP contribution is -2.46. The van der Waals surface area contributed by atoms with Crippen LogP contribution in [0.3, 0.4) is 0 Å². The van der Waals surface area contributed by atoms with E-state index >= 15 is 0 Å². The van der Waals surface area contributed by atoms with E-state index in [1.54, 1.807) is 6.92 Å². The third-order valence-corrected chi connectivity index (χ3v) is 5.20. The van der Waals surface area contributed by atoms with Crippen molar-refractivity contribution in [1.82, 2.24) is 0 Å². The van der Waals surface area contributed by atoms with Crippen LogP contribution in [0.2, 0.25) is 0 Å². The number of methoxy groups -OCH3 is 1. The second-order valence-electron chi connectivity index (χ2n) is 6.06. The molecule has 0 aromatic heterocycles. The quantitative estimate of drug-likeness (QED) is 0.755. The molecule has 3 nitrogen and oxygen atoms in total. The van der Waals surface area contributed by atoms with Gasteiger partial charge in [0, 0.05) is 0 Å². The molecular formula is C14H24O3. The van der Waals surface area contributed by atoms with Gasteiger partial charge in [0.1, 0.15) is 0 Å². The number of hydrogen-bond donors (Lipinski definition) is 1. The van der Waals surface area contributed by atoms with Gasteiger partial charge in [-0.05, 0) is 50.9 Å². The lowest BCUT2D eigenvalue weighted by atomic mass is 9.64. The molecule has 0 heterocycles. The zero-order valence-corrected chi connectivity index (χ0v) is 11.0. The van der Waals surface area contributed by atoms with Gasteiger partial charge >= 0.3 is 5.97 Å². The molecule has 0 saturated heterocycles. The van der Waals surface area contributed by atoms with Crippen LogP contribution in [0.4, 0.5) is 0 Å². The van der Waals surface area contributed by atoms with Gasteiger partial charge in [-0.2, -0.15) is 0 Å². The van der Waals surface area contributed by atoms with E-state index in [1.165, 1.54) is 32.8 Å². The van der Waals surface area contributed by atoms with E-state index in [-0.39, 0.29) is 5.97 Å². The molecule has 0 bridgehead atoms. The smallest absolute Gasteiger partial charge is 0.311 e. The number of aliphatic hydroxyl groups is 1. The maximum absolute atomic E-state index is 11.5. The predicted octanol–water partition coefficient (Wildman–Crippen LogP) is 2.66. The van der Waals surface area contributed by atoms with Gasteiger partial charge in [0.15, 0.2) is 0 Å². The van der Waals surface area contributed by atoms with E-state index in [2.05, 4.69) is 0 Å². The first-order chi connectivity index (χ1) is 8.01. The van der Waals surface area contributed by atoms with Crippen molar-refractivity contribution in [3.8, 4) is 0 Å². The Hall–Kier alpha value is -0.570. The van der Waals surface area contributed by atoms with Gasteiger partial charge in [-0.25, -0.2) is 0 Å². The highest BCUT2D eigenvalue weighted by Crippen LogP contribution is 2.52. The summed E-state index contributed by atoms with van der Waals surface area (Å²) < 4.78 is 4.75. The van der Waals surface area contributed by atoms with Gasteiger partial charge < -0.3 is 9.84 Å². The van der Waals surface area contributed by atoms with Crippen LogP contribution in [0, 0.1) is 11.3 Å². The van der Waals surface area contributed by atoms with E-state index in [0.29, 0.717) is 5.41 Å². The van der Waals surface area contributed by atoms with Crippen molar-refractivity contribution in [1.29, 1.82) is 0 Å². The van der Waals surface area contributed by atoms with Crippen molar-refractivity contribution in [2.75, 3.05) is 7.11 Å². The number of rotatable bonds is 2. The van der Waals surface area contributed by atoms with Crippen LogP contribution in [0.1, 0.15) is 58.3 Å². The first-order valence-corrected chi connectivity index (χ1v) is 6.82. The lowest BCUT2D eigenvalue weighted by molar-refractivity contribution is -0.159. The molecule has 1 unspecified atom stereocenters. The zero-order valence-electron chi connectivity index (χ0n) is 11.0. The molecule has 1 spiro atoms. The third kappa shape index (κ3) is 2.35. The van der Waals surface area contributed by atoms with Crippen LogP contribution in [0.15, 0.2) is 0 Å². The van der Waals surface area contributed by atoms with E-state index in [1.807, 2.05) is 0 Å². The molecule has 0 amide bonds. The minimum Gasteiger partial charge on any atom is -0.469 e. The fourth-order valence-electron chi connectivity index (χ4n) is 3.67. The molecule has 1 N–H and O–H groups in total. The van der Waals surface area contributed by atoms with Crippen molar-refractivity contribution < 1.29 is 14.6 Å².